The van der Waals surface area contributed by atoms with E-state index in [-0.39, 0.29) is 16.8 Å². The maximum absolute atomic E-state index is 12.6. The molecule has 29 heavy (non-hydrogen) atoms. The van der Waals surface area contributed by atoms with Crippen LogP contribution in [0, 0.1) is 0 Å². The molecule has 0 aliphatic carbocycles. The number of primary amides is 1. The number of hydrogen-bond donors (Lipinski definition) is 2. The lowest BCUT2D eigenvalue weighted by atomic mass is 9.94. The molecule has 0 spiro atoms. The number of methoxy groups -OCH3 is 1. The van der Waals surface area contributed by atoms with Gasteiger partial charge in [0.15, 0.2) is 0 Å². The lowest BCUT2D eigenvalue weighted by Gasteiger charge is -2.13. The predicted molar refractivity (Wildman–Crippen MR) is 109 cm³/mol. The number of aryl methyl sites for hydroxylation is 1. The van der Waals surface area contributed by atoms with Crippen LogP contribution in [0.5, 0.6) is 0 Å². The number of nitrogens with two attached hydrogens (primary N) is 1. The fourth-order valence-electron chi connectivity index (χ4n) is 3.80. The van der Waals surface area contributed by atoms with Gasteiger partial charge in [-0.2, -0.15) is 0 Å². The third-order valence-corrected chi connectivity index (χ3v) is 5.37. The summed E-state index contributed by atoms with van der Waals surface area (Å²) in [7, 11) is 1.60. The van der Waals surface area contributed by atoms with Gasteiger partial charge in [-0.25, -0.2) is 0 Å². The number of fused-ring (bicyclic) bond motifs is 3. The van der Waals surface area contributed by atoms with Crippen LogP contribution in [0.2, 0.25) is 5.02 Å². The lowest BCUT2D eigenvalue weighted by molar-refractivity contribution is 0.0879. The quantitative estimate of drug-likeness (QED) is 0.480. The molecule has 1 aliphatic rings. The number of rotatable bonds is 6. The standard InChI is InChI=1S/C21H18ClN3O4/c1-29-8-4-7-25-15-9-12(11-5-2-3-6-14(11)22)17-18(21(28)24-20(17)27)13(15)10-16(25)19(23)26/h2-3,5-6,9-10H,4,7-8H2,1H3,(H2,23,26)(H,24,27,28). The van der Waals surface area contributed by atoms with Crippen LogP contribution in [0.1, 0.15) is 37.6 Å². The van der Waals surface area contributed by atoms with Crippen LogP contribution in [-0.4, -0.2) is 36.0 Å². The summed E-state index contributed by atoms with van der Waals surface area (Å²) in [5, 5.41) is 3.31. The van der Waals surface area contributed by atoms with E-state index in [1.165, 1.54) is 0 Å². The van der Waals surface area contributed by atoms with Crippen molar-refractivity contribution in [2.75, 3.05) is 13.7 Å². The van der Waals surface area contributed by atoms with Crippen molar-refractivity contribution in [3.63, 3.8) is 0 Å². The Balaban J connectivity index is 2.07. The topological polar surface area (TPSA) is 103 Å². The minimum absolute atomic E-state index is 0.232. The Morgan fingerprint density at radius 2 is 1.86 bits per heavy atom. The number of carbonyl (C=O) groups is 3. The highest BCUT2D eigenvalue weighted by atomic mass is 35.5. The van der Waals surface area contributed by atoms with Gasteiger partial charge in [-0.15, -0.1) is 0 Å². The molecule has 0 radical (unpaired) electrons. The number of imide groups is 1. The maximum Gasteiger partial charge on any atom is 0.265 e. The van der Waals surface area contributed by atoms with E-state index in [9.17, 15) is 14.4 Å². The number of halogens is 1. The van der Waals surface area contributed by atoms with Gasteiger partial charge in [0, 0.05) is 36.2 Å². The molecule has 0 fully saturated rings. The second-order valence-electron chi connectivity index (χ2n) is 6.76. The number of aromatic nitrogens is 1. The van der Waals surface area contributed by atoms with Gasteiger partial charge in [0.25, 0.3) is 17.7 Å². The number of ether oxygens (including phenoxy) is 1. The third kappa shape index (κ3) is 3.08. The Kier molecular flexibility index (Phi) is 4.86. The molecule has 3 aromatic rings. The highest BCUT2D eigenvalue weighted by molar-refractivity contribution is 6.35. The smallest absolute Gasteiger partial charge is 0.265 e. The average Bonchev–Trinajstić information content (AvgIpc) is 3.19. The summed E-state index contributed by atoms with van der Waals surface area (Å²) < 4.78 is 6.87. The first-order valence-corrected chi connectivity index (χ1v) is 9.41. The first-order chi connectivity index (χ1) is 13.9. The highest BCUT2D eigenvalue weighted by Gasteiger charge is 2.34. The second-order valence-corrected chi connectivity index (χ2v) is 7.17. The van der Waals surface area contributed by atoms with Crippen LogP contribution in [0.4, 0.5) is 0 Å². The van der Waals surface area contributed by atoms with Gasteiger partial charge >= 0.3 is 0 Å². The first-order valence-electron chi connectivity index (χ1n) is 9.03. The maximum atomic E-state index is 12.6. The van der Waals surface area contributed by atoms with Gasteiger partial charge in [-0.05, 0) is 30.2 Å². The Hall–Kier alpha value is -3.16. The summed E-state index contributed by atoms with van der Waals surface area (Å²) in [6.07, 6.45) is 0.643. The van der Waals surface area contributed by atoms with Crippen molar-refractivity contribution in [3.8, 4) is 11.1 Å². The molecule has 148 valence electrons. The number of amides is 3. The SMILES string of the molecule is COCCCn1c(C(N)=O)cc2c3c(c(-c4ccccc4Cl)cc21)C(=O)NC3=O. The molecule has 0 bridgehead atoms. The van der Waals surface area contributed by atoms with E-state index >= 15 is 0 Å². The number of nitrogens with one attached hydrogen (secondary N) is 1. The Labute approximate surface area is 171 Å². The van der Waals surface area contributed by atoms with Crippen LogP contribution in [0.25, 0.3) is 22.0 Å². The molecular formula is C21H18ClN3O4. The molecular weight excluding hydrogens is 394 g/mol. The van der Waals surface area contributed by atoms with Crippen molar-refractivity contribution in [1.82, 2.24) is 9.88 Å². The molecule has 2 aromatic carbocycles. The minimum Gasteiger partial charge on any atom is -0.385 e. The molecule has 4 rings (SSSR count). The number of benzene rings is 2. The fourth-order valence-corrected chi connectivity index (χ4v) is 4.04. The van der Waals surface area contributed by atoms with Crippen LogP contribution in [0.15, 0.2) is 36.4 Å². The number of carbonyl (C=O) groups excluding carboxylic acids is 3. The molecule has 0 saturated carbocycles. The monoisotopic (exact) mass is 411 g/mol. The molecule has 2 heterocycles. The predicted octanol–water partition coefficient (Wildman–Crippen LogP) is 2.98. The van der Waals surface area contributed by atoms with E-state index in [0.717, 1.165) is 0 Å². The molecule has 0 unspecified atom stereocenters. The summed E-state index contributed by atoms with van der Waals surface area (Å²) in [5.41, 5.74) is 8.12. The van der Waals surface area contributed by atoms with Crippen LogP contribution < -0.4 is 11.1 Å². The third-order valence-electron chi connectivity index (χ3n) is 5.04. The molecule has 0 atom stereocenters. The van der Waals surface area contributed by atoms with Crippen LogP contribution >= 0.6 is 11.6 Å². The zero-order chi connectivity index (χ0) is 20.7. The van der Waals surface area contributed by atoms with E-state index in [0.29, 0.717) is 46.6 Å². The normalized spacial score (nSPS) is 13.0. The Bertz CT molecular complexity index is 1180. The van der Waals surface area contributed by atoms with Crippen molar-refractivity contribution in [2.45, 2.75) is 13.0 Å². The first kappa shape index (κ1) is 19.2. The second kappa shape index (κ2) is 7.35. The van der Waals surface area contributed by atoms with Gasteiger partial charge in [0.05, 0.1) is 16.6 Å². The molecule has 3 N–H and O–H groups in total. The van der Waals surface area contributed by atoms with Crippen molar-refractivity contribution in [3.05, 3.63) is 58.2 Å². The van der Waals surface area contributed by atoms with Crippen LogP contribution in [0.3, 0.4) is 0 Å². The zero-order valence-corrected chi connectivity index (χ0v) is 16.4. The number of nitrogens with zero attached hydrogens (tertiary/aromatic N) is 1. The molecule has 3 amide bonds. The highest BCUT2D eigenvalue weighted by Crippen LogP contribution is 2.39. The zero-order valence-electron chi connectivity index (χ0n) is 15.6. The Morgan fingerprint density at radius 3 is 2.55 bits per heavy atom. The van der Waals surface area contributed by atoms with E-state index in [1.54, 1.807) is 48.1 Å². The summed E-state index contributed by atoms with van der Waals surface area (Å²) in [6.45, 7) is 0.963. The van der Waals surface area contributed by atoms with Crippen molar-refractivity contribution < 1.29 is 19.1 Å². The molecule has 8 heteroatoms. The minimum atomic E-state index is -0.614. The molecule has 1 aliphatic heterocycles. The van der Waals surface area contributed by atoms with Gasteiger partial charge < -0.3 is 15.0 Å². The largest absolute Gasteiger partial charge is 0.385 e. The van der Waals surface area contributed by atoms with Gasteiger partial charge in [0.2, 0.25) is 0 Å². The van der Waals surface area contributed by atoms with Crippen LogP contribution in [-0.2, 0) is 11.3 Å². The average molecular weight is 412 g/mol. The van der Waals surface area contributed by atoms with Gasteiger partial charge in [-0.3, -0.25) is 19.7 Å². The van der Waals surface area contributed by atoms with Crippen molar-refractivity contribution >= 4 is 40.2 Å². The van der Waals surface area contributed by atoms with E-state index in [1.807, 2.05) is 0 Å². The number of hydrogen-bond acceptors (Lipinski definition) is 4. The van der Waals surface area contributed by atoms with Crippen molar-refractivity contribution in [2.24, 2.45) is 5.73 Å². The fraction of sp³-hybridized carbons (Fsp3) is 0.190. The summed E-state index contributed by atoms with van der Waals surface area (Å²) in [5.74, 6) is -1.61. The molecule has 0 saturated heterocycles. The van der Waals surface area contributed by atoms with E-state index in [2.05, 4.69) is 5.32 Å². The van der Waals surface area contributed by atoms with Gasteiger partial charge in [0.1, 0.15) is 5.69 Å². The van der Waals surface area contributed by atoms with E-state index in [4.69, 9.17) is 22.1 Å². The van der Waals surface area contributed by atoms with Gasteiger partial charge in [-0.1, -0.05) is 29.8 Å². The summed E-state index contributed by atoms with van der Waals surface area (Å²) >= 11 is 6.38. The summed E-state index contributed by atoms with van der Waals surface area (Å²) in [6, 6.07) is 10.4. The molecule has 7 nitrogen and oxygen atoms in total. The summed E-state index contributed by atoms with van der Waals surface area (Å²) in [4.78, 5) is 37.2. The van der Waals surface area contributed by atoms with E-state index < -0.39 is 17.7 Å². The van der Waals surface area contributed by atoms with Crippen molar-refractivity contribution in [1.29, 1.82) is 0 Å². The Morgan fingerprint density at radius 1 is 1.14 bits per heavy atom. The lowest BCUT2D eigenvalue weighted by Crippen LogP contribution is -2.20. The molecule has 1 aromatic heterocycles.